The lowest BCUT2D eigenvalue weighted by molar-refractivity contribution is -0.121. The number of rotatable bonds is 6. The predicted octanol–water partition coefficient (Wildman–Crippen LogP) is 5.31. The molecule has 0 radical (unpaired) electrons. The lowest BCUT2D eigenvalue weighted by Crippen LogP contribution is -2.33. The average Bonchev–Trinajstić information content (AvgIpc) is 3.47. The van der Waals surface area contributed by atoms with Crippen LogP contribution >= 0.6 is 0 Å². The third-order valence-electron chi connectivity index (χ3n) is 6.74. The first-order valence-corrected chi connectivity index (χ1v) is 11.6. The molecule has 0 saturated heterocycles. The van der Waals surface area contributed by atoms with Gasteiger partial charge in [0.15, 0.2) is 0 Å². The Morgan fingerprint density at radius 1 is 1.03 bits per heavy atom. The quantitative estimate of drug-likeness (QED) is 0.595. The predicted molar refractivity (Wildman–Crippen MR) is 125 cm³/mol. The van der Waals surface area contributed by atoms with Gasteiger partial charge in [0.2, 0.25) is 5.91 Å². The minimum absolute atomic E-state index is 0.226. The number of hydrogen-bond acceptors (Lipinski definition) is 2. The summed E-state index contributed by atoms with van der Waals surface area (Å²) in [7, 11) is 0. The summed E-state index contributed by atoms with van der Waals surface area (Å²) in [4.78, 5) is 17.0. The van der Waals surface area contributed by atoms with Gasteiger partial charge in [0, 0.05) is 37.7 Å². The van der Waals surface area contributed by atoms with Crippen LogP contribution in [0.2, 0.25) is 0 Å². The van der Waals surface area contributed by atoms with Crippen LogP contribution in [0.4, 0.5) is 0 Å². The van der Waals surface area contributed by atoms with Crippen LogP contribution in [0.3, 0.4) is 0 Å². The molecule has 1 unspecified atom stereocenters. The molecule has 4 heteroatoms. The van der Waals surface area contributed by atoms with Gasteiger partial charge >= 0.3 is 0 Å². The molecule has 1 amide bonds. The molecule has 2 heterocycles. The van der Waals surface area contributed by atoms with Crippen LogP contribution in [0.5, 0.6) is 0 Å². The summed E-state index contributed by atoms with van der Waals surface area (Å²) in [6.45, 7) is 6.00. The van der Waals surface area contributed by atoms with Crippen molar-refractivity contribution in [1.29, 1.82) is 0 Å². The number of nitrogens with zero attached hydrogens (tertiary/aromatic N) is 2. The number of nitrogens with one attached hydrogen (secondary N) is 1. The first kappa shape index (κ1) is 20.0. The molecule has 1 fully saturated rings. The third kappa shape index (κ3) is 4.58. The van der Waals surface area contributed by atoms with Crippen LogP contribution in [0.1, 0.15) is 42.6 Å². The van der Waals surface area contributed by atoms with E-state index in [4.69, 9.17) is 4.98 Å². The van der Waals surface area contributed by atoms with Gasteiger partial charge in [-0.1, -0.05) is 48.0 Å². The smallest absolute Gasteiger partial charge is 0.220 e. The average molecular weight is 414 g/mol. The molecular formula is C27H31N3O. The van der Waals surface area contributed by atoms with E-state index in [0.29, 0.717) is 18.3 Å². The molecule has 1 N–H and O–H groups in total. The summed E-state index contributed by atoms with van der Waals surface area (Å²) in [6.07, 6.45) is 7.43. The number of aromatic nitrogens is 2. The highest BCUT2D eigenvalue weighted by atomic mass is 16.1. The summed E-state index contributed by atoms with van der Waals surface area (Å²) in [5, 5.41) is 3.15. The zero-order valence-corrected chi connectivity index (χ0v) is 18.5. The molecule has 0 bridgehead atoms. The number of benzene rings is 2. The van der Waals surface area contributed by atoms with E-state index in [0.717, 1.165) is 37.4 Å². The highest BCUT2D eigenvalue weighted by molar-refractivity contribution is 5.76. The molecule has 2 aromatic carbocycles. The summed E-state index contributed by atoms with van der Waals surface area (Å²) < 4.78 is 2.30. The van der Waals surface area contributed by atoms with Crippen molar-refractivity contribution in [2.45, 2.75) is 52.5 Å². The molecule has 3 aromatic rings. The zero-order chi connectivity index (χ0) is 21.4. The van der Waals surface area contributed by atoms with E-state index in [1.165, 1.54) is 40.7 Å². The molecule has 0 spiro atoms. The SMILES string of the molecule is Cc1ccc(-c2ccc(-c3cn4c(n3)CCC(CNC(=O)CC3CC3)C4)c(C)c2)cc1. The maximum Gasteiger partial charge on any atom is 0.220 e. The topological polar surface area (TPSA) is 46.9 Å². The van der Waals surface area contributed by atoms with Crippen molar-refractivity contribution in [3.05, 3.63) is 65.6 Å². The minimum atomic E-state index is 0.226. The van der Waals surface area contributed by atoms with Crippen molar-refractivity contribution < 1.29 is 4.79 Å². The Hall–Kier alpha value is -2.88. The van der Waals surface area contributed by atoms with E-state index in [-0.39, 0.29) is 5.91 Å². The Morgan fingerprint density at radius 3 is 2.55 bits per heavy atom. The van der Waals surface area contributed by atoms with Crippen molar-refractivity contribution in [2.24, 2.45) is 11.8 Å². The lowest BCUT2D eigenvalue weighted by atomic mass is 9.98. The van der Waals surface area contributed by atoms with Crippen LogP contribution in [-0.2, 0) is 17.8 Å². The van der Waals surface area contributed by atoms with Crippen molar-refractivity contribution in [3.8, 4) is 22.4 Å². The standard InChI is InChI=1S/C27H31N3O/c1-18-3-8-22(9-4-18)23-10-11-24(19(2)13-23)25-17-30-16-21(7-12-26(30)29-25)15-28-27(31)14-20-5-6-20/h3-4,8-11,13,17,20-21H,5-7,12,14-16H2,1-2H3,(H,28,31). The lowest BCUT2D eigenvalue weighted by Gasteiger charge is -2.23. The van der Waals surface area contributed by atoms with E-state index >= 15 is 0 Å². The molecule has 1 saturated carbocycles. The van der Waals surface area contributed by atoms with Crippen LogP contribution in [-0.4, -0.2) is 22.0 Å². The van der Waals surface area contributed by atoms with E-state index in [1.54, 1.807) is 0 Å². The second kappa shape index (κ2) is 8.33. The Labute approximate surface area is 184 Å². The number of carbonyl (C=O) groups is 1. The van der Waals surface area contributed by atoms with Gasteiger partial charge in [-0.15, -0.1) is 0 Å². The fourth-order valence-corrected chi connectivity index (χ4v) is 4.60. The summed E-state index contributed by atoms with van der Waals surface area (Å²) >= 11 is 0. The molecule has 31 heavy (non-hydrogen) atoms. The molecule has 1 aliphatic heterocycles. The number of carbonyl (C=O) groups excluding carboxylic acids is 1. The van der Waals surface area contributed by atoms with Crippen LogP contribution < -0.4 is 5.32 Å². The normalized spacial score (nSPS) is 17.9. The van der Waals surface area contributed by atoms with Gasteiger partial charge < -0.3 is 9.88 Å². The number of hydrogen-bond donors (Lipinski definition) is 1. The number of fused-ring (bicyclic) bond motifs is 1. The number of amides is 1. The number of aryl methyl sites for hydroxylation is 3. The van der Waals surface area contributed by atoms with Gasteiger partial charge in [0.25, 0.3) is 0 Å². The van der Waals surface area contributed by atoms with E-state index in [1.807, 2.05) is 0 Å². The Morgan fingerprint density at radius 2 is 1.81 bits per heavy atom. The van der Waals surface area contributed by atoms with Gasteiger partial charge in [-0.2, -0.15) is 0 Å². The van der Waals surface area contributed by atoms with Gasteiger partial charge in [0.05, 0.1) is 5.69 Å². The fraction of sp³-hybridized carbons (Fsp3) is 0.407. The molecular weight excluding hydrogens is 382 g/mol. The highest BCUT2D eigenvalue weighted by Gasteiger charge is 2.25. The molecule has 1 aliphatic carbocycles. The maximum absolute atomic E-state index is 12.0. The van der Waals surface area contributed by atoms with Crippen LogP contribution in [0.25, 0.3) is 22.4 Å². The fourth-order valence-electron chi connectivity index (χ4n) is 4.60. The number of imidazole rings is 1. The van der Waals surface area contributed by atoms with Gasteiger partial charge in [-0.3, -0.25) is 4.79 Å². The van der Waals surface area contributed by atoms with Crippen LogP contribution in [0, 0.1) is 25.7 Å². The summed E-state index contributed by atoms with van der Waals surface area (Å²) in [5.41, 5.74) is 7.27. The maximum atomic E-state index is 12.0. The first-order valence-electron chi connectivity index (χ1n) is 11.6. The largest absolute Gasteiger partial charge is 0.356 e. The first-order chi connectivity index (χ1) is 15.0. The molecule has 5 rings (SSSR count). The summed E-state index contributed by atoms with van der Waals surface area (Å²) in [6, 6.07) is 15.3. The Bertz CT molecular complexity index is 1090. The highest BCUT2D eigenvalue weighted by Crippen LogP contribution is 2.32. The Balaban J connectivity index is 1.27. The zero-order valence-electron chi connectivity index (χ0n) is 18.5. The van der Waals surface area contributed by atoms with Crippen LogP contribution in [0.15, 0.2) is 48.7 Å². The second-order valence-electron chi connectivity index (χ2n) is 9.45. The Kier molecular flexibility index (Phi) is 5.39. The molecule has 160 valence electrons. The van der Waals surface area contributed by atoms with Crippen molar-refractivity contribution in [1.82, 2.24) is 14.9 Å². The molecule has 2 aliphatic rings. The van der Waals surface area contributed by atoms with E-state index < -0.39 is 0 Å². The minimum Gasteiger partial charge on any atom is -0.356 e. The van der Waals surface area contributed by atoms with E-state index in [9.17, 15) is 4.79 Å². The molecule has 1 aromatic heterocycles. The third-order valence-corrected chi connectivity index (χ3v) is 6.74. The van der Waals surface area contributed by atoms with Crippen molar-refractivity contribution >= 4 is 5.91 Å². The van der Waals surface area contributed by atoms with Crippen molar-refractivity contribution in [2.75, 3.05) is 6.54 Å². The van der Waals surface area contributed by atoms with Gasteiger partial charge in [-0.25, -0.2) is 4.98 Å². The van der Waals surface area contributed by atoms with Gasteiger partial charge in [0.1, 0.15) is 5.82 Å². The molecule has 1 atom stereocenters. The van der Waals surface area contributed by atoms with Crippen molar-refractivity contribution in [3.63, 3.8) is 0 Å². The molecule has 4 nitrogen and oxygen atoms in total. The summed E-state index contributed by atoms with van der Waals surface area (Å²) in [5.74, 6) is 2.53. The monoisotopic (exact) mass is 413 g/mol. The van der Waals surface area contributed by atoms with E-state index in [2.05, 4.69) is 72.4 Å². The van der Waals surface area contributed by atoms with Gasteiger partial charge in [-0.05, 0) is 61.6 Å². The second-order valence-corrected chi connectivity index (χ2v) is 9.45.